The Morgan fingerprint density at radius 3 is 1.52 bits per heavy atom. The number of benzene rings is 8. The van der Waals surface area contributed by atoms with Crippen LogP contribution >= 0.6 is 0 Å². The zero-order valence-electron chi connectivity index (χ0n) is 33.0. The Bertz CT molecular complexity index is 3580. The lowest BCUT2D eigenvalue weighted by Gasteiger charge is -2.12. The van der Waals surface area contributed by atoms with Gasteiger partial charge in [0.1, 0.15) is 0 Å². The molecule has 7 heteroatoms. The fourth-order valence-corrected chi connectivity index (χ4v) is 8.72. The van der Waals surface area contributed by atoms with E-state index in [0.717, 1.165) is 94.2 Å². The summed E-state index contributed by atoms with van der Waals surface area (Å²) in [5, 5.41) is 34.0. The van der Waals surface area contributed by atoms with Crippen LogP contribution in [0.3, 0.4) is 0 Å². The maximum absolute atomic E-state index is 10.5. The normalized spacial score (nSPS) is 11.2. The largest absolute Gasteiger partial charge is 0.309 e. The smallest absolute Gasteiger partial charge is 0.160 e. The van der Waals surface area contributed by atoms with Crippen LogP contribution in [0.2, 0.25) is 0 Å². The lowest BCUT2D eigenvalue weighted by molar-refractivity contribution is 1.16. The van der Waals surface area contributed by atoms with Gasteiger partial charge in [0, 0.05) is 49.6 Å². The summed E-state index contributed by atoms with van der Waals surface area (Å²) in [4.78, 5) is 9.91. The third-order valence-corrected chi connectivity index (χ3v) is 11.6. The van der Waals surface area contributed by atoms with E-state index in [9.17, 15) is 15.8 Å². The topological polar surface area (TPSA) is 107 Å². The van der Waals surface area contributed by atoms with Crippen LogP contribution in [-0.4, -0.2) is 19.1 Å². The van der Waals surface area contributed by atoms with E-state index >= 15 is 0 Å². The highest BCUT2D eigenvalue weighted by Gasteiger charge is 2.18. The zero-order valence-corrected chi connectivity index (χ0v) is 33.0. The van der Waals surface area contributed by atoms with E-state index in [1.54, 1.807) is 0 Å². The fourth-order valence-electron chi connectivity index (χ4n) is 8.72. The van der Waals surface area contributed by atoms with Crippen molar-refractivity contribution in [3.05, 3.63) is 205 Å². The van der Waals surface area contributed by atoms with Gasteiger partial charge in [0.05, 0.1) is 68.4 Å². The molecule has 11 aromatic rings. The molecule has 0 saturated heterocycles. The maximum Gasteiger partial charge on any atom is 0.160 e. The number of aromatic nitrogens is 4. The molecule has 3 heterocycles. The van der Waals surface area contributed by atoms with E-state index < -0.39 is 0 Å². The molecule has 0 aliphatic carbocycles. The Morgan fingerprint density at radius 1 is 0.355 bits per heavy atom. The van der Waals surface area contributed by atoms with Crippen LogP contribution in [0.1, 0.15) is 16.7 Å². The predicted octanol–water partition coefficient (Wildman–Crippen LogP) is 13.0. The van der Waals surface area contributed by atoms with Gasteiger partial charge in [-0.3, -0.25) is 0 Å². The van der Waals surface area contributed by atoms with Gasteiger partial charge < -0.3 is 9.13 Å². The van der Waals surface area contributed by atoms with Gasteiger partial charge in [0.25, 0.3) is 0 Å². The Hall–Kier alpha value is -9.09. The summed E-state index contributed by atoms with van der Waals surface area (Å²) in [5.74, 6) is 0.623. The second-order valence-corrected chi connectivity index (χ2v) is 15.2. The summed E-state index contributed by atoms with van der Waals surface area (Å²) in [5.41, 5.74) is 13.8. The van der Waals surface area contributed by atoms with Crippen LogP contribution in [0.4, 0.5) is 0 Å². The first kappa shape index (κ1) is 36.0. The second-order valence-electron chi connectivity index (χ2n) is 15.2. The van der Waals surface area contributed by atoms with Crippen LogP contribution in [-0.2, 0) is 0 Å². The molecule has 8 aromatic carbocycles. The van der Waals surface area contributed by atoms with Crippen LogP contribution in [0.15, 0.2) is 188 Å². The van der Waals surface area contributed by atoms with Gasteiger partial charge in [-0.15, -0.1) is 0 Å². The van der Waals surface area contributed by atoms with Gasteiger partial charge >= 0.3 is 0 Å². The summed E-state index contributed by atoms with van der Waals surface area (Å²) in [6.07, 6.45) is 0. The number of para-hydroxylation sites is 1. The number of rotatable bonds is 6. The van der Waals surface area contributed by atoms with E-state index in [2.05, 4.69) is 94.1 Å². The molecule has 0 spiro atoms. The minimum absolute atomic E-state index is 0.554. The SMILES string of the molecule is N#Cc1ccc2c(c1)c1cc(C#N)ccc1n2-c1ccc2c(c1)c1ccccc1n2-c1ccc(-c2ccc(-c3cc(-c4ccccc4)nc(-c4ccccc4)n3)cc2C#N)cc1. The predicted molar refractivity (Wildman–Crippen MR) is 247 cm³/mol. The Morgan fingerprint density at radius 2 is 0.871 bits per heavy atom. The van der Waals surface area contributed by atoms with Crippen LogP contribution in [0.5, 0.6) is 0 Å². The van der Waals surface area contributed by atoms with Crippen molar-refractivity contribution in [2.75, 3.05) is 0 Å². The molecule has 0 N–H and O–H groups in total. The number of hydrogen-bond acceptors (Lipinski definition) is 5. The van der Waals surface area contributed by atoms with Gasteiger partial charge in [-0.1, -0.05) is 103 Å². The number of nitriles is 3. The third kappa shape index (κ3) is 5.96. The van der Waals surface area contributed by atoms with Crippen LogP contribution in [0.25, 0.3) is 100 Å². The first-order chi connectivity index (χ1) is 30.6. The van der Waals surface area contributed by atoms with Gasteiger partial charge in [-0.05, 0) is 96.1 Å². The van der Waals surface area contributed by atoms with Crippen molar-refractivity contribution in [1.82, 2.24) is 19.1 Å². The number of fused-ring (bicyclic) bond motifs is 6. The van der Waals surface area contributed by atoms with Gasteiger partial charge in [-0.2, -0.15) is 15.8 Å². The van der Waals surface area contributed by atoms with Gasteiger partial charge in [0.15, 0.2) is 5.82 Å². The molecule has 3 aromatic heterocycles. The average molecular weight is 790 g/mol. The lowest BCUT2D eigenvalue weighted by Crippen LogP contribution is -1.97. The van der Waals surface area contributed by atoms with Gasteiger partial charge in [0.2, 0.25) is 0 Å². The Kier molecular flexibility index (Phi) is 8.50. The Labute approximate surface area is 356 Å². The number of nitrogens with zero attached hydrogens (tertiary/aromatic N) is 7. The van der Waals surface area contributed by atoms with Gasteiger partial charge in [-0.25, -0.2) is 9.97 Å². The molecule has 62 heavy (non-hydrogen) atoms. The second kappa shape index (κ2) is 14.6. The van der Waals surface area contributed by atoms with Crippen molar-refractivity contribution in [1.29, 1.82) is 15.8 Å². The molecule has 0 unspecified atom stereocenters. The quantitative estimate of drug-likeness (QED) is 0.167. The molecule has 0 atom stereocenters. The molecule has 0 fully saturated rings. The fraction of sp³-hybridized carbons (Fsp3) is 0. The molecule has 0 saturated carbocycles. The highest BCUT2D eigenvalue weighted by molar-refractivity contribution is 6.12. The molecular weight excluding hydrogens is 759 g/mol. The van der Waals surface area contributed by atoms with Crippen LogP contribution in [0, 0.1) is 34.0 Å². The number of hydrogen-bond donors (Lipinski definition) is 0. The summed E-state index contributed by atoms with van der Waals surface area (Å²) in [6.45, 7) is 0. The van der Waals surface area contributed by atoms with Crippen molar-refractivity contribution < 1.29 is 0 Å². The van der Waals surface area contributed by atoms with Crippen molar-refractivity contribution >= 4 is 43.6 Å². The molecule has 0 aliphatic heterocycles. The van der Waals surface area contributed by atoms with Crippen molar-refractivity contribution in [3.63, 3.8) is 0 Å². The maximum atomic E-state index is 10.5. The zero-order chi connectivity index (χ0) is 41.7. The van der Waals surface area contributed by atoms with Crippen molar-refractivity contribution in [3.8, 4) is 74.6 Å². The Balaban J connectivity index is 0.984. The van der Waals surface area contributed by atoms with Crippen molar-refractivity contribution in [2.24, 2.45) is 0 Å². The summed E-state index contributed by atoms with van der Waals surface area (Å²) in [6, 6.07) is 69.7. The first-order valence-electron chi connectivity index (χ1n) is 20.2. The standard InChI is InChI=1S/C55H31N7/c56-32-35-15-24-52-46(27-35)47-28-36(33-57)16-25-53(47)62(52)43-22-26-54-48(30-43)45-13-7-8-14-51(45)61(54)42-20-17-37(18-21-42)44-23-19-40(29-41(44)34-58)50-31-49(38-9-3-1-4-10-38)59-55(60-50)39-11-5-2-6-12-39/h1-31H. The van der Waals surface area contributed by atoms with Crippen LogP contribution < -0.4 is 0 Å². The summed E-state index contributed by atoms with van der Waals surface area (Å²) < 4.78 is 4.49. The molecule has 7 nitrogen and oxygen atoms in total. The molecule has 0 radical (unpaired) electrons. The van der Waals surface area contributed by atoms with E-state index in [-0.39, 0.29) is 0 Å². The highest BCUT2D eigenvalue weighted by Crippen LogP contribution is 2.38. The molecule has 11 rings (SSSR count). The molecular formula is C55H31N7. The monoisotopic (exact) mass is 789 g/mol. The lowest BCUT2D eigenvalue weighted by atomic mass is 9.96. The molecule has 286 valence electrons. The highest BCUT2D eigenvalue weighted by atomic mass is 15.0. The van der Waals surface area contributed by atoms with E-state index in [4.69, 9.17) is 9.97 Å². The molecule has 0 aliphatic rings. The summed E-state index contributed by atoms with van der Waals surface area (Å²) in [7, 11) is 0. The summed E-state index contributed by atoms with van der Waals surface area (Å²) >= 11 is 0. The minimum atomic E-state index is 0.554. The minimum Gasteiger partial charge on any atom is -0.309 e. The van der Waals surface area contributed by atoms with E-state index in [1.807, 2.05) is 121 Å². The first-order valence-corrected chi connectivity index (χ1v) is 20.2. The molecule has 0 bridgehead atoms. The van der Waals surface area contributed by atoms with E-state index in [1.165, 1.54) is 0 Å². The average Bonchev–Trinajstić information content (AvgIpc) is 3.85. The molecule has 0 amide bonds. The van der Waals surface area contributed by atoms with E-state index in [0.29, 0.717) is 22.5 Å². The van der Waals surface area contributed by atoms with Crippen molar-refractivity contribution in [2.45, 2.75) is 0 Å². The third-order valence-electron chi connectivity index (χ3n) is 11.6.